The number of amides is 2. The molecule has 0 aromatic rings. The Morgan fingerprint density at radius 1 is 1.04 bits per heavy atom. The molecule has 0 aromatic heterocycles. The SMILES string of the molecule is CCC(C)(C)C1CCC(NC(=O)CNC(=O)OC(C)(C)C)CC1. The minimum atomic E-state index is -0.555. The zero-order valence-electron chi connectivity index (χ0n) is 15.6. The third-order valence-corrected chi connectivity index (χ3v) is 4.90. The summed E-state index contributed by atoms with van der Waals surface area (Å²) in [6.07, 6.45) is 4.99. The maximum atomic E-state index is 11.9. The van der Waals surface area contributed by atoms with Crippen molar-refractivity contribution in [2.45, 2.75) is 85.3 Å². The third-order valence-electron chi connectivity index (χ3n) is 4.90. The first-order valence-corrected chi connectivity index (χ1v) is 8.79. The molecule has 134 valence electrons. The van der Waals surface area contributed by atoms with Crippen LogP contribution in [-0.4, -0.2) is 30.2 Å². The second-order valence-electron chi connectivity index (χ2n) is 8.31. The molecular weight excluding hydrogens is 292 g/mol. The lowest BCUT2D eigenvalue weighted by molar-refractivity contribution is -0.121. The summed E-state index contributed by atoms with van der Waals surface area (Å²) < 4.78 is 5.11. The number of carbonyl (C=O) groups excluding carboxylic acids is 2. The minimum Gasteiger partial charge on any atom is -0.444 e. The van der Waals surface area contributed by atoms with Gasteiger partial charge in [0.05, 0.1) is 0 Å². The summed E-state index contributed by atoms with van der Waals surface area (Å²) in [5, 5.41) is 5.52. The summed E-state index contributed by atoms with van der Waals surface area (Å²) in [5.41, 5.74) is -0.168. The van der Waals surface area contributed by atoms with Gasteiger partial charge in [-0.1, -0.05) is 27.2 Å². The average molecular weight is 326 g/mol. The Morgan fingerprint density at radius 2 is 1.61 bits per heavy atom. The molecule has 1 aliphatic carbocycles. The van der Waals surface area contributed by atoms with E-state index in [2.05, 4.69) is 31.4 Å². The molecule has 0 aromatic carbocycles. The van der Waals surface area contributed by atoms with Gasteiger partial charge in [0.25, 0.3) is 0 Å². The van der Waals surface area contributed by atoms with Gasteiger partial charge >= 0.3 is 6.09 Å². The van der Waals surface area contributed by atoms with Gasteiger partial charge < -0.3 is 15.4 Å². The van der Waals surface area contributed by atoms with Crippen molar-refractivity contribution in [2.75, 3.05) is 6.54 Å². The van der Waals surface area contributed by atoms with E-state index in [1.807, 2.05) is 0 Å². The highest BCUT2D eigenvalue weighted by Crippen LogP contribution is 2.40. The molecule has 2 N–H and O–H groups in total. The van der Waals surface area contributed by atoms with Crippen molar-refractivity contribution >= 4 is 12.0 Å². The van der Waals surface area contributed by atoms with Gasteiger partial charge in [-0.2, -0.15) is 0 Å². The molecule has 0 radical (unpaired) electrons. The smallest absolute Gasteiger partial charge is 0.408 e. The van der Waals surface area contributed by atoms with Gasteiger partial charge in [-0.3, -0.25) is 4.79 Å². The molecule has 1 fully saturated rings. The van der Waals surface area contributed by atoms with Crippen LogP contribution in [0.15, 0.2) is 0 Å². The van der Waals surface area contributed by atoms with Crippen molar-refractivity contribution < 1.29 is 14.3 Å². The van der Waals surface area contributed by atoms with E-state index in [0.717, 1.165) is 31.6 Å². The van der Waals surface area contributed by atoms with Crippen molar-refractivity contribution in [2.24, 2.45) is 11.3 Å². The Hall–Kier alpha value is -1.26. The Balaban J connectivity index is 2.28. The monoisotopic (exact) mass is 326 g/mol. The molecule has 0 spiro atoms. The normalized spacial score (nSPS) is 22.3. The average Bonchev–Trinajstić information content (AvgIpc) is 2.44. The van der Waals surface area contributed by atoms with Gasteiger partial charge in [0.15, 0.2) is 0 Å². The van der Waals surface area contributed by atoms with E-state index in [1.54, 1.807) is 20.8 Å². The van der Waals surface area contributed by atoms with Crippen LogP contribution in [0, 0.1) is 11.3 Å². The number of hydrogen-bond donors (Lipinski definition) is 2. The number of carbonyl (C=O) groups is 2. The van der Waals surface area contributed by atoms with E-state index in [9.17, 15) is 9.59 Å². The second-order valence-corrected chi connectivity index (χ2v) is 8.31. The quantitative estimate of drug-likeness (QED) is 0.811. The van der Waals surface area contributed by atoms with Crippen LogP contribution in [0.3, 0.4) is 0 Å². The summed E-state index contributed by atoms with van der Waals surface area (Å²) in [6, 6.07) is 0.229. The van der Waals surface area contributed by atoms with Crippen molar-refractivity contribution in [1.82, 2.24) is 10.6 Å². The molecule has 5 heteroatoms. The number of hydrogen-bond acceptors (Lipinski definition) is 3. The molecule has 1 saturated carbocycles. The predicted molar refractivity (Wildman–Crippen MR) is 92.2 cm³/mol. The van der Waals surface area contributed by atoms with Crippen LogP contribution in [0.1, 0.15) is 73.6 Å². The van der Waals surface area contributed by atoms with Crippen LogP contribution in [0.4, 0.5) is 4.79 Å². The Labute approximate surface area is 140 Å². The zero-order chi connectivity index (χ0) is 17.7. The molecule has 5 nitrogen and oxygen atoms in total. The van der Waals surface area contributed by atoms with Crippen molar-refractivity contribution in [1.29, 1.82) is 0 Å². The molecule has 0 atom stereocenters. The van der Waals surface area contributed by atoms with Crippen molar-refractivity contribution in [3.05, 3.63) is 0 Å². The fourth-order valence-corrected chi connectivity index (χ4v) is 3.05. The molecule has 0 aliphatic heterocycles. The lowest BCUT2D eigenvalue weighted by Crippen LogP contribution is -2.45. The van der Waals surface area contributed by atoms with Crippen LogP contribution >= 0.6 is 0 Å². The summed E-state index contributed by atoms with van der Waals surface area (Å²) in [6.45, 7) is 12.3. The van der Waals surface area contributed by atoms with Gasteiger partial charge in [-0.05, 0) is 57.8 Å². The highest BCUT2D eigenvalue weighted by atomic mass is 16.6. The molecule has 0 heterocycles. The van der Waals surface area contributed by atoms with Gasteiger partial charge in [-0.15, -0.1) is 0 Å². The number of ether oxygens (including phenoxy) is 1. The van der Waals surface area contributed by atoms with Gasteiger partial charge in [0.1, 0.15) is 12.1 Å². The summed E-state index contributed by atoms with van der Waals surface area (Å²) in [7, 11) is 0. The molecule has 2 amide bonds. The second kappa shape index (κ2) is 8.02. The van der Waals surface area contributed by atoms with Crippen LogP contribution in [0.5, 0.6) is 0 Å². The van der Waals surface area contributed by atoms with Gasteiger partial charge in [0, 0.05) is 6.04 Å². The van der Waals surface area contributed by atoms with E-state index in [1.165, 1.54) is 6.42 Å². The number of nitrogens with one attached hydrogen (secondary N) is 2. The first-order chi connectivity index (χ1) is 10.5. The maximum Gasteiger partial charge on any atom is 0.408 e. The molecule has 0 bridgehead atoms. The van der Waals surface area contributed by atoms with Crippen LogP contribution < -0.4 is 10.6 Å². The zero-order valence-corrected chi connectivity index (χ0v) is 15.6. The summed E-state index contributed by atoms with van der Waals surface area (Å²) in [4.78, 5) is 23.5. The Kier molecular flexibility index (Phi) is 6.90. The van der Waals surface area contributed by atoms with Crippen molar-refractivity contribution in [3.8, 4) is 0 Å². The standard InChI is InChI=1S/C18H34N2O3/c1-7-18(5,6)13-8-10-14(11-9-13)20-15(21)12-19-16(22)23-17(2,3)4/h13-14H,7-12H2,1-6H3,(H,19,22)(H,20,21). The van der Waals surface area contributed by atoms with Crippen LogP contribution in [0.25, 0.3) is 0 Å². The van der Waals surface area contributed by atoms with Gasteiger partial charge in [-0.25, -0.2) is 4.79 Å². The maximum absolute atomic E-state index is 11.9. The summed E-state index contributed by atoms with van der Waals surface area (Å²) >= 11 is 0. The molecule has 0 saturated heterocycles. The number of rotatable bonds is 5. The van der Waals surface area contributed by atoms with Gasteiger partial charge in [0.2, 0.25) is 5.91 Å². The number of alkyl carbamates (subject to hydrolysis) is 1. The van der Waals surface area contributed by atoms with E-state index in [4.69, 9.17) is 4.74 Å². The first-order valence-electron chi connectivity index (χ1n) is 8.79. The van der Waals surface area contributed by atoms with E-state index in [0.29, 0.717) is 5.41 Å². The fraction of sp³-hybridized carbons (Fsp3) is 0.889. The minimum absolute atomic E-state index is 0.0324. The largest absolute Gasteiger partial charge is 0.444 e. The van der Waals surface area contributed by atoms with Crippen LogP contribution in [0.2, 0.25) is 0 Å². The third kappa shape index (κ3) is 7.23. The summed E-state index contributed by atoms with van der Waals surface area (Å²) in [5.74, 6) is 0.592. The highest BCUT2D eigenvalue weighted by Gasteiger charge is 2.32. The lowest BCUT2D eigenvalue weighted by atomic mass is 9.69. The van der Waals surface area contributed by atoms with E-state index >= 15 is 0 Å². The lowest BCUT2D eigenvalue weighted by Gasteiger charge is -2.39. The Bertz CT molecular complexity index is 405. The molecule has 1 aliphatic rings. The Morgan fingerprint density at radius 3 is 2.09 bits per heavy atom. The first kappa shape index (κ1) is 19.8. The molecule has 0 unspecified atom stereocenters. The molecule has 23 heavy (non-hydrogen) atoms. The van der Waals surface area contributed by atoms with E-state index < -0.39 is 11.7 Å². The van der Waals surface area contributed by atoms with Crippen molar-refractivity contribution in [3.63, 3.8) is 0 Å². The molecule has 1 rings (SSSR count). The fourth-order valence-electron chi connectivity index (χ4n) is 3.05. The predicted octanol–water partition coefficient (Wildman–Crippen LogP) is 3.62. The highest BCUT2D eigenvalue weighted by molar-refractivity contribution is 5.82. The topological polar surface area (TPSA) is 67.4 Å². The molecular formula is C18H34N2O3. The van der Waals surface area contributed by atoms with Crippen LogP contribution in [-0.2, 0) is 9.53 Å². The van der Waals surface area contributed by atoms with E-state index in [-0.39, 0.29) is 18.5 Å².